The molecule has 1 unspecified atom stereocenters. The largest absolute Gasteiger partial charge is 0.353 e. The zero-order valence-corrected chi connectivity index (χ0v) is 15.5. The summed E-state index contributed by atoms with van der Waals surface area (Å²) in [6, 6.07) is 9.08. The fraction of sp³-hybridized carbons (Fsp3) is 0.526. The number of Topliss-reactive ketones (excluding diaryl/α,β-unsaturated/α-hetero) is 1. The third-order valence-electron chi connectivity index (χ3n) is 3.74. The molecule has 0 aliphatic carbocycles. The Hall–Kier alpha value is -2.21. The zero-order valence-electron chi connectivity index (χ0n) is 15.5. The molecule has 0 radical (unpaired) electrons. The molecule has 2 N–H and O–H groups in total. The number of nitrogens with zero attached hydrogens (tertiary/aromatic N) is 1. The summed E-state index contributed by atoms with van der Waals surface area (Å²) in [6.07, 6.45) is 0.460. The van der Waals surface area contributed by atoms with Crippen LogP contribution in [-0.2, 0) is 20.8 Å². The van der Waals surface area contributed by atoms with Gasteiger partial charge >= 0.3 is 0 Å². The minimum atomic E-state index is -0.557. The molecule has 1 rings (SSSR count). The predicted molar refractivity (Wildman–Crippen MR) is 98.2 cm³/mol. The summed E-state index contributed by atoms with van der Waals surface area (Å²) >= 11 is 0. The first-order chi connectivity index (χ1) is 11.8. The van der Waals surface area contributed by atoms with Crippen molar-refractivity contribution >= 4 is 17.6 Å². The second-order valence-electron chi connectivity index (χ2n) is 6.45. The van der Waals surface area contributed by atoms with Crippen LogP contribution in [0.2, 0.25) is 0 Å². The molecule has 1 atom stereocenters. The van der Waals surface area contributed by atoms with Crippen LogP contribution >= 0.6 is 0 Å². The van der Waals surface area contributed by atoms with Crippen molar-refractivity contribution < 1.29 is 14.4 Å². The van der Waals surface area contributed by atoms with Gasteiger partial charge in [-0.25, -0.2) is 0 Å². The molecular weight excluding hydrogens is 318 g/mol. The van der Waals surface area contributed by atoms with Crippen LogP contribution in [0.4, 0.5) is 0 Å². The highest BCUT2D eigenvalue weighted by Crippen LogP contribution is 2.04. The molecule has 2 amide bonds. The number of carbonyl (C=O) groups excluding carboxylic acids is 3. The lowest BCUT2D eigenvalue weighted by Gasteiger charge is -2.22. The van der Waals surface area contributed by atoms with Gasteiger partial charge in [-0.3, -0.25) is 19.3 Å². The van der Waals surface area contributed by atoms with E-state index in [2.05, 4.69) is 10.6 Å². The second kappa shape index (κ2) is 10.6. The van der Waals surface area contributed by atoms with Crippen LogP contribution in [0.15, 0.2) is 30.3 Å². The van der Waals surface area contributed by atoms with E-state index in [0.717, 1.165) is 5.56 Å². The summed E-state index contributed by atoms with van der Waals surface area (Å²) < 4.78 is 0. The number of hydrogen-bond donors (Lipinski definition) is 2. The number of hydrogen-bond acceptors (Lipinski definition) is 4. The molecule has 25 heavy (non-hydrogen) atoms. The number of rotatable bonds is 10. The Morgan fingerprint density at radius 2 is 1.56 bits per heavy atom. The Morgan fingerprint density at radius 3 is 2.04 bits per heavy atom. The fourth-order valence-electron chi connectivity index (χ4n) is 2.44. The first kappa shape index (κ1) is 20.8. The van der Waals surface area contributed by atoms with Crippen LogP contribution in [0.5, 0.6) is 0 Å². The quantitative estimate of drug-likeness (QED) is 0.665. The van der Waals surface area contributed by atoms with Crippen LogP contribution in [0.25, 0.3) is 0 Å². The topological polar surface area (TPSA) is 78.5 Å². The molecule has 0 bridgehead atoms. The van der Waals surface area contributed by atoms with Crippen LogP contribution in [0.3, 0.4) is 0 Å². The first-order valence-electron chi connectivity index (χ1n) is 8.67. The van der Waals surface area contributed by atoms with Crippen molar-refractivity contribution in [2.24, 2.45) is 0 Å². The minimum absolute atomic E-state index is 0.0630. The summed E-state index contributed by atoms with van der Waals surface area (Å²) in [5, 5.41) is 5.59. The van der Waals surface area contributed by atoms with Crippen LogP contribution in [0.1, 0.15) is 33.3 Å². The molecule has 1 aromatic carbocycles. The van der Waals surface area contributed by atoms with Crippen molar-refractivity contribution in [2.45, 2.75) is 46.2 Å². The molecule has 0 aliphatic rings. The van der Waals surface area contributed by atoms with Gasteiger partial charge in [0.15, 0.2) is 5.78 Å². The molecule has 1 aromatic rings. The standard InChI is InChI=1S/C19H29N3O3/c1-5-22(12-18(24)20-14(2)3)13-19(25)21-17(15(4)23)11-16-9-7-6-8-10-16/h6-10,14,17H,5,11-13H2,1-4H3,(H,20,24)(H,21,25). The van der Waals surface area contributed by atoms with Crippen LogP contribution in [0, 0.1) is 0 Å². The molecule has 0 aromatic heterocycles. The highest BCUT2D eigenvalue weighted by Gasteiger charge is 2.20. The number of amides is 2. The minimum Gasteiger partial charge on any atom is -0.353 e. The normalized spacial score (nSPS) is 12.1. The van der Waals surface area contributed by atoms with Gasteiger partial charge in [0.1, 0.15) is 0 Å². The lowest BCUT2D eigenvalue weighted by atomic mass is 10.0. The maximum Gasteiger partial charge on any atom is 0.234 e. The summed E-state index contributed by atoms with van der Waals surface area (Å²) in [5.41, 5.74) is 0.992. The number of carbonyl (C=O) groups is 3. The Morgan fingerprint density at radius 1 is 1.00 bits per heavy atom. The van der Waals surface area contributed by atoms with Crippen molar-refractivity contribution in [3.63, 3.8) is 0 Å². The van der Waals surface area contributed by atoms with E-state index in [1.807, 2.05) is 51.1 Å². The third kappa shape index (κ3) is 8.44. The van der Waals surface area contributed by atoms with Gasteiger partial charge in [-0.15, -0.1) is 0 Å². The summed E-state index contributed by atoms with van der Waals surface area (Å²) in [7, 11) is 0. The second-order valence-corrected chi connectivity index (χ2v) is 6.45. The Labute approximate surface area is 150 Å². The summed E-state index contributed by atoms with van der Waals surface area (Å²) in [5.74, 6) is -0.454. The molecule has 0 aliphatic heterocycles. The fourth-order valence-corrected chi connectivity index (χ4v) is 2.44. The summed E-state index contributed by atoms with van der Waals surface area (Å²) in [6.45, 7) is 7.96. The first-order valence-corrected chi connectivity index (χ1v) is 8.67. The van der Waals surface area contributed by atoms with Gasteiger partial charge in [-0.1, -0.05) is 37.3 Å². The SMILES string of the molecule is CCN(CC(=O)NC(C)C)CC(=O)NC(Cc1ccccc1)C(C)=O. The average molecular weight is 347 g/mol. The average Bonchev–Trinajstić information content (AvgIpc) is 2.53. The lowest BCUT2D eigenvalue weighted by molar-refractivity contribution is -0.128. The number of ketones is 1. The van der Waals surface area contributed by atoms with E-state index >= 15 is 0 Å². The lowest BCUT2D eigenvalue weighted by Crippen LogP contribution is -2.48. The van der Waals surface area contributed by atoms with E-state index in [4.69, 9.17) is 0 Å². The van der Waals surface area contributed by atoms with Gasteiger partial charge in [0, 0.05) is 6.04 Å². The number of benzene rings is 1. The van der Waals surface area contributed by atoms with E-state index in [1.54, 1.807) is 4.90 Å². The molecule has 138 valence electrons. The highest BCUT2D eigenvalue weighted by molar-refractivity contribution is 5.88. The zero-order chi connectivity index (χ0) is 18.8. The van der Waals surface area contributed by atoms with Crippen molar-refractivity contribution in [3.8, 4) is 0 Å². The van der Waals surface area contributed by atoms with E-state index in [9.17, 15) is 14.4 Å². The molecule has 6 nitrogen and oxygen atoms in total. The van der Waals surface area contributed by atoms with E-state index in [-0.39, 0.29) is 36.7 Å². The Balaban J connectivity index is 2.58. The van der Waals surface area contributed by atoms with Crippen molar-refractivity contribution in [2.75, 3.05) is 19.6 Å². The van der Waals surface area contributed by atoms with E-state index in [0.29, 0.717) is 13.0 Å². The number of nitrogens with one attached hydrogen (secondary N) is 2. The maximum atomic E-state index is 12.3. The van der Waals surface area contributed by atoms with Gasteiger partial charge < -0.3 is 10.6 Å². The molecule has 0 saturated carbocycles. The van der Waals surface area contributed by atoms with E-state index < -0.39 is 6.04 Å². The molecule has 0 spiro atoms. The maximum absolute atomic E-state index is 12.3. The molecular formula is C19H29N3O3. The highest BCUT2D eigenvalue weighted by atomic mass is 16.2. The van der Waals surface area contributed by atoms with Gasteiger partial charge in [-0.05, 0) is 39.3 Å². The Bertz CT molecular complexity index is 573. The van der Waals surface area contributed by atoms with Crippen molar-refractivity contribution in [3.05, 3.63) is 35.9 Å². The van der Waals surface area contributed by atoms with Gasteiger partial charge in [0.05, 0.1) is 19.1 Å². The predicted octanol–water partition coefficient (Wildman–Crippen LogP) is 1.15. The van der Waals surface area contributed by atoms with Crippen LogP contribution in [-0.4, -0.2) is 54.2 Å². The Kier molecular flexibility index (Phi) is 8.84. The van der Waals surface area contributed by atoms with Crippen molar-refractivity contribution in [1.29, 1.82) is 0 Å². The van der Waals surface area contributed by atoms with Gasteiger partial charge in [0.2, 0.25) is 11.8 Å². The van der Waals surface area contributed by atoms with Gasteiger partial charge in [-0.2, -0.15) is 0 Å². The van der Waals surface area contributed by atoms with E-state index in [1.165, 1.54) is 6.92 Å². The summed E-state index contributed by atoms with van der Waals surface area (Å²) in [4.78, 5) is 37.7. The van der Waals surface area contributed by atoms with Crippen molar-refractivity contribution in [1.82, 2.24) is 15.5 Å². The van der Waals surface area contributed by atoms with Crippen LogP contribution < -0.4 is 10.6 Å². The smallest absolute Gasteiger partial charge is 0.234 e. The molecule has 0 saturated heterocycles. The molecule has 6 heteroatoms. The third-order valence-corrected chi connectivity index (χ3v) is 3.74. The molecule has 0 heterocycles. The monoisotopic (exact) mass is 347 g/mol. The van der Waals surface area contributed by atoms with Gasteiger partial charge in [0.25, 0.3) is 0 Å². The molecule has 0 fully saturated rings. The number of likely N-dealkylation sites (N-methyl/N-ethyl adjacent to an activating group) is 1.